The van der Waals surface area contributed by atoms with E-state index in [9.17, 15) is 9.59 Å². The molecule has 5 heteroatoms. The maximum absolute atomic E-state index is 11.2. The minimum absolute atomic E-state index is 0.0127. The highest BCUT2D eigenvalue weighted by Gasteiger charge is 2.27. The van der Waals surface area contributed by atoms with Gasteiger partial charge in [0, 0.05) is 13.6 Å². The maximum atomic E-state index is 11.2. The van der Waals surface area contributed by atoms with Crippen LogP contribution in [0.1, 0.15) is 6.92 Å². The Hall–Kier alpha value is -1.26. The van der Waals surface area contributed by atoms with Gasteiger partial charge in [-0.05, 0) is 6.92 Å². The van der Waals surface area contributed by atoms with Crippen LogP contribution in [-0.4, -0.2) is 48.5 Å². The van der Waals surface area contributed by atoms with E-state index in [1.165, 1.54) is 9.80 Å². The van der Waals surface area contributed by atoms with Gasteiger partial charge in [-0.1, -0.05) is 0 Å². The van der Waals surface area contributed by atoms with E-state index in [0.29, 0.717) is 13.2 Å². The number of hydrogen-bond acceptors (Lipinski definition) is 2. The molecular formula is C7H13N3O2. The number of hydrogen-bond donors (Lipinski definition) is 1. The van der Waals surface area contributed by atoms with E-state index in [0.717, 1.165) is 0 Å². The lowest BCUT2D eigenvalue weighted by Crippen LogP contribution is -2.39. The van der Waals surface area contributed by atoms with E-state index in [1.807, 2.05) is 6.92 Å². The normalized spacial score (nSPS) is 17.0. The molecular weight excluding hydrogens is 158 g/mol. The summed E-state index contributed by atoms with van der Waals surface area (Å²) in [5, 5.41) is 2.64. The van der Waals surface area contributed by atoms with Crippen LogP contribution in [0, 0.1) is 0 Å². The summed E-state index contributed by atoms with van der Waals surface area (Å²) in [7, 11) is 1.68. The van der Waals surface area contributed by atoms with Gasteiger partial charge in [0.05, 0.1) is 6.67 Å². The summed E-state index contributed by atoms with van der Waals surface area (Å²) >= 11 is 0. The van der Waals surface area contributed by atoms with Crippen molar-refractivity contribution < 1.29 is 9.59 Å². The fourth-order valence-corrected chi connectivity index (χ4v) is 1.07. The first kappa shape index (κ1) is 8.83. The van der Waals surface area contributed by atoms with E-state index < -0.39 is 0 Å². The molecule has 1 saturated heterocycles. The summed E-state index contributed by atoms with van der Waals surface area (Å²) in [5.41, 5.74) is 0. The predicted molar refractivity (Wildman–Crippen MR) is 43.4 cm³/mol. The highest BCUT2D eigenvalue weighted by atomic mass is 16.2. The summed E-state index contributed by atoms with van der Waals surface area (Å²) in [6.45, 7) is 3.03. The van der Waals surface area contributed by atoms with E-state index in [-0.39, 0.29) is 18.5 Å². The number of rotatable bonds is 1. The van der Waals surface area contributed by atoms with Crippen molar-refractivity contribution in [3.05, 3.63) is 0 Å². The van der Waals surface area contributed by atoms with Crippen molar-refractivity contribution in [2.45, 2.75) is 6.92 Å². The standard InChI is InChI=1S/C7H13N3O2/c1-3-8-7(12)10-4-6(11)9(2)5-10/h3-5H2,1-2H3,(H,8,12). The minimum atomic E-state index is -0.171. The van der Waals surface area contributed by atoms with Crippen LogP contribution in [-0.2, 0) is 4.79 Å². The number of likely N-dealkylation sites (N-methyl/N-ethyl adjacent to an activating group) is 1. The second-order valence-electron chi connectivity index (χ2n) is 2.77. The second-order valence-corrected chi connectivity index (χ2v) is 2.77. The molecule has 0 spiro atoms. The molecule has 0 aromatic heterocycles. The van der Waals surface area contributed by atoms with Crippen molar-refractivity contribution in [3.63, 3.8) is 0 Å². The molecule has 5 nitrogen and oxygen atoms in total. The monoisotopic (exact) mass is 171 g/mol. The third-order valence-electron chi connectivity index (χ3n) is 1.75. The molecule has 1 N–H and O–H groups in total. The highest BCUT2D eigenvalue weighted by Crippen LogP contribution is 2.02. The molecule has 1 rings (SSSR count). The number of urea groups is 1. The molecule has 0 aromatic carbocycles. The summed E-state index contributed by atoms with van der Waals surface area (Å²) < 4.78 is 0. The van der Waals surface area contributed by atoms with Crippen LogP contribution >= 0.6 is 0 Å². The number of carbonyl (C=O) groups is 2. The maximum Gasteiger partial charge on any atom is 0.319 e. The zero-order chi connectivity index (χ0) is 9.14. The van der Waals surface area contributed by atoms with Crippen molar-refractivity contribution >= 4 is 11.9 Å². The Morgan fingerprint density at radius 3 is 2.75 bits per heavy atom. The lowest BCUT2D eigenvalue weighted by molar-refractivity contribution is -0.125. The Morgan fingerprint density at radius 1 is 1.67 bits per heavy atom. The molecule has 12 heavy (non-hydrogen) atoms. The molecule has 0 aromatic rings. The van der Waals surface area contributed by atoms with E-state index in [1.54, 1.807) is 7.05 Å². The molecule has 0 bridgehead atoms. The molecule has 1 fully saturated rings. The van der Waals surface area contributed by atoms with Gasteiger partial charge in [0.25, 0.3) is 0 Å². The quantitative estimate of drug-likeness (QED) is 0.575. The molecule has 68 valence electrons. The van der Waals surface area contributed by atoms with Crippen LogP contribution in [0.15, 0.2) is 0 Å². The Kier molecular flexibility index (Phi) is 2.52. The van der Waals surface area contributed by atoms with Gasteiger partial charge < -0.3 is 10.2 Å². The lowest BCUT2D eigenvalue weighted by Gasteiger charge is -2.14. The van der Waals surface area contributed by atoms with Gasteiger partial charge in [-0.2, -0.15) is 0 Å². The third kappa shape index (κ3) is 1.66. The molecule has 0 radical (unpaired) electrons. The van der Waals surface area contributed by atoms with Crippen LogP contribution in [0.5, 0.6) is 0 Å². The Morgan fingerprint density at radius 2 is 2.33 bits per heavy atom. The van der Waals surface area contributed by atoms with E-state index in [2.05, 4.69) is 5.32 Å². The first-order chi connectivity index (χ1) is 5.65. The van der Waals surface area contributed by atoms with Crippen LogP contribution in [0.3, 0.4) is 0 Å². The molecule has 0 saturated carbocycles. The smallest absolute Gasteiger partial charge is 0.319 e. The van der Waals surface area contributed by atoms with Crippen molar-refractivity contribution in [1.82, 2.24) is 15.1 Å². The van der Waals surface area contributed by atoms with Crippen molar-refractivity contribution in [1.29, 1.82) is 0 Å². The average molecular weight is 171 g/mol. The Bertz CT molecular complexity index is 205. The van der Waals surface area contributed by atoms with Crippen LogP contribution in [0.4, 0.5) is 4.79 Å². The molecule has 1 aliphatic heterocycles. The topological polar surface area (TPSA) is 52.7 Å². The Labute approximate surface area is 71.3 Å². The van der Waals surface area contributed by atoms with Gasteiger partial charge in [0.2, 0.25) is 5.91 Å². The van der Waals surface area contributed by atoms with Gasteiger partial charge in [0.15, 0.2) is 0 Å². The SMILES string of the molecule is CCNC(=O)N1CC(=O)N(C)C1. The summed E-state index contributed by atoms with van der Waals surface area (Å²) in [4.78, 5) is 25.2. The van der Waals surface area contributed by atoms with Gasteiger partial charge in [0.1, 0.15) is 6.54 Å². The lowest BCUT2D eigenvalue weighted by atomic mass is 10.6. The van der Waals surface area contributed by atoms with Gasteiger partial charge in [-0.25, -0.2) is 4.79 Å². The minimum Gasteiger partial charge on any atom is -0.338 e. The number of amides is 3. The summed E-state index contributed by atoms with van der Waals surface area (Å²) in [6.07, 6.45) is 0. The first-order valence-electron chi connectivity index (χ1n) is 3.92. The van der Waals surface area contributed by atoms with E-state index >= 15 is 0 Å². The fraction of sp³-hybridized carbons (Fsp3) is 0.714. The second kappa shape index (κ2) is 3.42. The van der Waals surface area contributed by atoms with Crippen LogP contribution in [0.2, 0.25) is 0 Å². The molecule has 3 amide bonds. The molecule has 0 atom stereocenters. The number of nitrogens with zero attached hydrogens (tertiary/aromatic N) is 2. The molecule has 1 heterocycles. The average Bonchev–Trinajstić information content (AvgIpc) is 2.33. The van der Waals surface area contributed by atoms with E-state index in [4.69, 9.17) is 0 Å². The van der Waals surface area contributed by atoms with Gasteiger partial charge >= 0.3 is 6.03 Å². The fourth-order valence-electron chi connectivity index (χ4n) is 1.07. The third-order valence-corrected chi connectivity index (χ3v) is 1.75. The molecule has 0 unspecified atom stereocenters. The first-order valence-corrected chi connectivity index (χ1v) is 3.92. The van der Waals surface area contributed by atoms with Gasteiger partial charge in [-0.3, -0.25) is 9.69 Å². The number of carbonyl (C=O) groups excluding carboxylic acids is 2. The molecule has 0 aliphatic carbocycles. The summed E-state index contributed by atoms with van der Waals surface area (Å²) in [6, 6.07) is -0.171. The van der Waals surface area contributed by atoms with Crippen molar-refractivity contribution in [2.24, 2.45) is 0 Å². The van der Waals surface area contributed by atoms with Crippen molar-refractivity contribution in [3.8, 4) is 0 Å². The predicted octanol–water partition coefficient (Wildman–Crippen LogP) is -0.553. The zero-order valence-electron chi connectivity index (χ0n) is 7.33. The zero-order valence-corrected chi connectivity index (χ0v) is 7.33. The Balaban J connectivity index is 2.46. The highest BCUT2D eigenvalue weighted by molar-refractivity contribution is 5.86. The van der Waals surface area contributed by atoms with Crippen LogP contribution < -0.4 is 5.32 Å². The summed E-state index contributed by atoms with van der Waals surface area (Å²) in [5.74, 6) is -0.0127. The van der Waals surface area contributed by atoms with Crippen LogP contribution in [0.25, 0.3) is 0 Å². The largest absolute Gasteiger partial charge is 0.338 e. The molecule has 1 aliphatic rings. The van der Waals surface area contributed by atoms with Crippen molar-refractivity contribution in [2.75, 3.05) is 26.8 Å². The van der Waals surface area contributed by atoms with Gasteiger partial charge in [-0.15, -0.1) is 0 Å². The number of nitrogens with one attached hydrogen (secondary N) is 1.